The van der Waals surface area contributed by atoms with Crippen LogP contribution in [0.1, 0.15) is 399 Å². The monoisotopic (exact) mass is 1040 g/mol. The minimum Gasteiger partial charge on any atom is -0.394 e. The molecule has 0 saturated heterocycles. The van der Waals surface area contributed by atoms with E-state index in [1.54, 1.807) is 6.08 Å². The average Bonchev–Trinajstić information content (AvgIpc) is 3.40. The first-order valence-electron chi connectivity index (χ1n) is 34.6. The fourth-order valence-corrected chi connectivity index (χ4v) is 11.2. The van der Waals surface area contributed by atoms with E-state index in [1.807, 2.05) is 6.08 Å². The molecule has 0 radical (unpaired) electrons. The second kappa shape index (κ2) is 66.2. The molecule has 0 aromatic carbocycles. The third-order valence-electron chi connectivity index (χ3n) is 16.4. The van der Waals surface area contributed by atoms with E-state index >= 15 is 0 Å². The minimum absolute atomic E-state index is 0.0641. The summed E-state index contributed by atoms with van der Waals surface area (Å²) < 4.78 is 0. The van der Waals surface area contributed by atoms with Crippen LogP contribution in [0.15, 0.2) is 24.3 Å². The van der Waals surface area contributed by atoms with E-state index in [2.05, 4.69) is 31.3 Å². The second-order valence-electron chi connectivity index (χ2n) is 24.0. The molecule has 4 nitrogen and oxygen atoms in total. The number of hydrogen-bond donors (Lipinski definition) is 3. The number of aliphatic hydroxyl groups excluding tert-OH is 2. The molecule has 74 heavy (non-hydrogen) atoms. The van der Waals surface area contributed by atoms with Crippen LogP contribution in [0.5, 0.6) is 0 Å². The number of unbranched alkanes of at least 4 members (excludes halogenated alkanes) is 56. The first-order chi connectivity index (χ1) is 36.7. The van der Waals surface area contributed by atoms with Crippen molar-refractivity contribution in [1.29, 1.82) is 0 Å². The maximum absolute atomic E-state index is 12.5. The summed E-state index contributed by atoms with van der Waals surface area (Å²) in [6, 6.07) is -0.638. The van der Waals surface area contributed by atoms with E-state index in [0.717, 1.165) is 32.1 Å². The van der Waals surface area contributed by atoms with Crippen LogP contribution in [0.3, 0.4) is 0 Å². The lowest BCUT2D eigenvalue weighted by atomic mass is 10.0. The molecule has 0 rings (SSSR count). The molecule has 2 unspecified atom stereocenters. The highest BCUT2D eigenvalue weighted by Crippen LogP contribution is 2.19. The van der Waals surface area contributed by atoms with Gasteiger partial charge < -0.3 is 15.5 Å². The summed E-state index contributed by atoms with van der Waals surface area (Å²) in [5.74, 6) is -0.0641. The smallest absolute Gasteiger partial charge is 0.220 e. The zero-order valence-corrected chi connectivity index (χ0v) is 50.9. The van der Waals surface area contributed by atoms with E-state index in [9.17, 15) is 15.0 Å². The Bertz CT molecular complexity index is 1090. The van der Waals surface area contributed by atoms with Crippen LogP contribution in [0, 0.1) is 0 Å². The Kier molecular flexibility index (Phi) is 65.1. The standard InChI is InChI=1S/C70H137NO3/c1-3-5-7-9-11-13-15-17-19-21-23-25-27-29-31-33-35-37-39-41-43-45-47-49-51-53-55-57-59-61-63-65-69(73)68(67-72)71-70(74)66-64-62-60-58-56-54-52-50-48-46-44-42-40-38-36-34-32-30-28-26-24-22-20-18-16-14-12-10-8-6-4-2/h55,57,63,65,68-69,72-73H,3-54,56,58-62,64,66-67H2,1-2H3,(H,71,74)/b57-55+,65-63+. The predicted octanol–water partition coefficient (Wildman–Crippen LogP) is 23.4. The van der Waals surface area contributed by atoms with Gasteiger partial charge in [0, 0.05) is 6.42 Å². The number of amides is 1. The number of nitrogens with one attached hydrogen (secondary N) is 1. The minimum atomic E-state index is -0.861. The van der Waals surface area contributed by atoms with Crippen molar-refractivity contribution in [3.63, 3.8) is 0 Å². The van der Waals surface area contributed by atoms with Crippen molar-refractivity contribution >= 4 is 5.91 Å². The van der Waals surface area contributed by atoms with Crippen molar-refractivity contribution in [2.75, 3.05) is 6.61 Å². The highest BCUT2D eigenvalue weighted by Gasteiger charge is 2.18. The van der Waals surface area contributed by atoms with Crippen LogP contribution < -0.4 is 5.32 Å². The van der Waals surface area contributed by atoms with Gasteiger partial charge in [-0.2, -0.15) is 0 Å². The van der Waals surface area contributed by atoms with Gasteiger partial charge in [-0.3, -0.25) is 4.79 Å². The van der Waals surface area contributed by atoms with Crippen LogP contribution in [0.2, 0.25) is 0 Å². The summed E-state index contributed by atoms with van der Waals surface area (Å²) in [5, 5.41) is 23.3. The number of hydrogen-bond acceptors (Lipinski definition) is 3. The molecule has 0 aromatic heterocycles. The van der Waals surface area contributed by atoms with Gasteiger partial charge in [0.25, 0.3) is 0 Å². The Hall–Kier alpha value is -1.13. The van der Waals surface area contributed by atoms with Gasteiger partial charge in [-0.1, -0.05) is 385 Å². The Morgan fingerprint density at radius 3 is 0.784 bits per heavy atom. The van der Waals surface area contributed by atoms with Crippen molar-refractivity contribution in [3.8, 4) is 0 Å². The Morgan fingerprint density at radius 1 is 0.311 bits per heavy atom. The SMILES string of the molecule is CCCCCCCCCCCCCCCCCCCCCCCCCCC/C=C/CC/C=C/C(O)C(CO)NC(=O)CCCCCCCCCCCCCCCCCCCCCCCCCCCCCCCCC. The molecular formula is C70H137NO3. The molecule has 0 bridgehead atoms. The van der Waals surface area contributed by atoms with Crippen molar-refractivity contribution in [3.05, 3.63) is 24.3 Å². The molecule has 0 spiro atoms. The zero-order chi connectivity index (χ0) is 53.4. The third kappa shape index (κ3) is 61.7. The summed E-state index contributed by atoms with van der Waals surface area (Å²) in [6.07, 6.45) is 89.9. The molecule has 0 aliphatic heterocycles. The molecule has 0 aliphatic rings. The quantitative estimate of drug-likeness (QED) is 0.0420. The molecule has 2 atom stereocenters. The van der Waals surface area contributed by atoms with Crippen LogP contribution in [-0.2, 0) is 4.79 Å². The molecule has 0 fully saturated rings. The Labute approximate surface area is 466 Å². The van der Waals surface area contributed by atoms with Crippen molar-refractivity contribution in [2.45, 2.75) is 411 Å². The van der Waals surface area contributed by atoms with Crippen LogP contribution in [-0.4, -0.2) is 34.9 Å². The average molecular weight is 1040 g/mol. The zero-order valence-electron chi connectivity index (χ0n) is 50.9. The molecule has 0 aliphatic carbocycles. The van der Waals surface area contributed by atoms with E-state index in [0.29, 0.717) is 6.42 Å². The van der Waals surface area contributed by atoms with Gasteiger partial charge >= 0.3 is 0 Å². The van der Waals surface area contributed by atoms with Gasteiger partial charge in [0.05, 0.1) is 18.8 Å². The van der Waals surface area contributed by atoms with Gasteiger partial charge in [-0.15, -0.1) is 0 Å². The third-order valence-corrected chi connectivity index (χ3v) is 16.4. The van der Waals surface area contributed by atoms with E-state index in [1.165, 1.54) is 347 Å². The van der Waals surface area contributed by atoms with Crippen molar-refractivity contribution in [1.82, 2.24) is 5.32 Å². The van der Waals surface area contributed by atoms with Crippen LogP contribution in [0.4, 0.5) is 0 Å². The summed E-state index contributed by atoms with van der Waals surface area (Å²) in [6.45, 7) is 4.35. The lowest BCUT2D eigenvalue weighted by molar-refractivity contribution is -0.123. The first-order valence-corrected chi connectivity index (χ1v) is 34.6. The maximum Gasteiger partial charge on any atom is 0.220 e. The number of allylic oxidation sites excluding steroid dienone is 3. The van der Waals surface area contributed by atoms with Gasteiger partial charge in [0.1, 0.15) is 0 Å². The van der Waals surface area contributed by atoms with E-state index in [4.69, 9.17) is 0 Å². The van der Waals surface area contributed by atoms with Gasteiger partial charge in [0.2, 0.25) is 5.91 Å². The molecule has 0 heterocycles. The molecule has 0 saturated carbocycles. The lowest BCUT2D eigenvalue weighted by Gasteiger charge is -2.19. The molecule has 1 amide bonds. The molecule has 440 valence electrons. The summed E-state index contributed by atoms with van der Waals surface area (Å²) in [5.41, 5.74) is 0. The summed E-state index contributed by atoms with van der Waals surface area (Å²) >= 11 is 0. The van der Waals surface area contributed by atoms with E-state index in [-0.39, 0.29) is 12.5 Å². The Morgan fingerprint density at radius 2 is 0.527 bits per heavy atom. The van der Waals surface area contributed by atoms with Crippen molar-refractivity contribution < 1.29 is 15.0 Å². The first kappa shape index (κ1) is 72.9. The number of carbonyl (C=O) groups excluding carboxylic acids is 1. The number of rotatable bonds is 65. The molecule has 0 aromatic rings. The largest absolute Gasteiger partial charge is 0.394 e. The normalized spacial score (nSPS) is 12.8. The molecular weight excluding hydrogens is 903 g/mol. The summed E-state index contributed by atoms with van der Waals surface area (Å²) in [7, 11) is 0. The highest BCUT2D eigenvalue weighted by molar-refractivity contribution is 5.76. The second-order valence-corrected chi connectivity index (χ2v) is 24.0. The van der Waals surface area contributed by atoms with Gasteiger partial charge in [0.15, 0.2) is 0 Å². The van der Waals surface area contributed by atoms with Crippen molar-refractivity contribution in [2.24, 2.45) is 0 Å². The maximum atomic E-state index is 12.5. The lowest BCUT2D eigenvalue weighted by Crippen LogP contribution is -2.45. The summed E-state index contributed by atoms with van der Waals surface area (Å²) in [4.78, 5) is 12.5. The fraction of sp³-hybridized carbons (Fsp3) is 0.929. The van der Waals surface area contributed by atoms with Gasteiger partial charge in [-0.05, 0) is 32.1 Å². The van der Waals surface area contributed by atoms with E-state index < -0.39 is 12.1 Å². The van der Waals surface area contributed by atoms with Gasteiger partial charge in [-0.25, -0.2) is 0 Å². The molecule has 4 heteroatoms. The Balaban J connectivity index is 3.43. The predicted molar refractivity (Wildman–Crippen MR) is 332 cm³/mol. The fourth-order valence-electron chi connectivity index (χ4n) is 11.2. The number of aliphatic hydroxyl groups is 2. The topological polar surface area (TPSA) is 69.6 Å². The van der Waals surface area contributed by atoms with Crippen LogP contribution in [0.25, 0.3) is 0 Å². The molecule has 3 N–H and O–H groups in total. The highest BCUT2D eigenvalue weighted by atomic mass is 16.3. The number of carbonyl (C=O) groups is 1. The van der Waals surface area contributed by atoms with Crippen LogP contribution >= 0.6 is 0 Å².